The summed E-state index contributed by atoms with van der Waals surface area (Å²) in [6.07, 6.45) is -2.58. The Morgan fingerprint density at radius 1 is 1.16 bits per heavy atom. The van der Waals surface area contributed by atoms with Gasteiger partial charge >= 0.3 is 6.18 Å². The number of thiazole rings is 1. The van der Waals surface area contributed by atoms with Crippen molar-refractivity contribution in [2.75, 3.05) is 29.1 Å². The molecule has 1 fully saturated rings. The van der Waals surface area contributed by atoms with Crippen LogP contribution in [-0.2, 0) is 11.0 Å². The number of rotatable bonds is 6. The van der Waals surface area contributed by atoms with Crippen LogP contribution in [0.15, 0.2) is 56.7 Å². The minimum Gasteiger partial charge on any atom is -0.370 e. The first kappa shape index (κ1) is 23.1. The number of alkyl halides is 3. The van der Waals surface area contributed by atoms with Gasteiger partial charge in [0.25, 0.3) is 0 Å². The topological polar surface area (TPSA) is 45.2 Å². The molecule has 0 spiro atoms. The van der Waals surface area contributed by atoms with Crippen LogP contribution in [0.4, 0.5) is 24.5 Å². The largest absolute Gasteiger partial charge is 0.416 e. The third-order valence-electron chi connectivity index (χ3n) is 5.00. The molecule has 2 heterocycles. The van der Waals surface area contributed by atoms with E-state index in [9.17, 15) is 18.0 Å². The second kappa shape index (κ2) is 9.84. The summed E-state index contributed by atoms with van der Waals surface area (Å²) in [4.78, 5) is 19.0. The molecular weight excluding hydrogens is 523 g/mol. The number of carbonyl (C=O) groups is 1. The number of aromatic nitrogens is 1. The molecule has 0 saturated carbocycles. The monoisotopic (exact) mass is 541 g/mol. The molecule has 0 radical (unpaired) electrons. The SMILES string of the molecule is O=C(CSc1nc(-c2ccc(Br)cc2)cs1)Nc1ccc(C(F)(F)F)cc1N1CCCC1. The van der Waals surface area contributed by atoms with Gasteiger partial charge in [-0.3, -0.25) is 4.79 Å². The third kappa shape index (κ3) is 5.65. The lowest BCUT2D eigenvalue weighted by atomic mass is 10.1. The molecule has 1 N–H and O–H groups in total. The summed E-state index contributed by atoms with van der Waals surface area (Å²) in [6.45, 7) is 1.35. The van der Waals surface area contributed by atoms with E-state index in [1.807, 2.05) is 34.5 Å². The first-order valence-electron chi connectivity index (χ1n) is 9.90. The van der Waals surface area contributed by atoms with E-state index in [0.717, 1.165) is 45.0 Å². The van der Waals surface area contributed by atoms with Gasteiger partial charge < -0.3 is 10.2 Å². The van der Waals surface area contributed by atoms with E-state index in [-0.39, 0.29) is 11.7 Å². The van der Waals surface area contributed by atoms with Gasteiger partial charge in [0.15, 0.2) is 4.34 Å². The van der Waals surface area contributed by atoms with Crippen LogP contribution in [0.5, 0.6) is 0 Å². The molecule has 0 bridgehead atoms. The summed E-state index contributed by atoms with van der Waals surface area (Å²) in [7, 11) is 0. The van der Waals surface area contributed by atoms with Crippen LogP contribution in [0.2, 0.25) is 0 Å². The highest BCUT2D eigenvalue weighted by Crippen LogP contribution is 2.37. The normalized spacial score (nSPS) is 14.1. The standard InChI is InChI=1S/C22H19BrF3N3OS2/c23-16-6-3-14(4-7-16)18-12-31-21(28-18)32-13-20(30)27-17-8-5-15(22(24,25)26)11-19(17)29-9-1-2-10-29/h3-8,11-12H,1-2,9-10,13H2,(H,27,30). The molecule has 0 unspecified atom stereocenters. The number of amides is 1. The van der Waals surface area contributed by atoms with Crippen LogP contribution in [0.1, 0.15) is 18.4 Å². The first-order valence-corrected chi connectivity index (χ1v) is 12.6. The zero-order chi connectivity index (χ0) is 22.7. The fourth-order valence-corrected chi connectivity index (χ4v) is 5.32. The van der Waals surface area contributed by atoms with E-state index in [2.05, 4.69) is 26.2 Å². The highest BCUT2D eigenvalue weighted by molar-refractivity contribution is 9.10. The minimum atomic E-state index is -4.43. The van der Waals surface area contributed by atoms with E-state index in [1.165, 1.54) is 29.2 Å². The van der Waals surface area contributed by atoms with Crippen molar-refractivity contribution in [2.45, 2.75) is 23.4 Å². The van der Waals surface area contributed by atoms with E-state index in [4.69, 9.17) is 0 Å². The number of nitrogens with zero attached hydrogens (tertiary/aromatic N) is 2. The molecule has 1 aliphatic heterocycles. The van der Waals surface area contributed by atoms with Crippen LogP contribution >= 0.6 is 39.0 Å². The van der Waals surface area contributed by atoms with E-state index in [0.29, 0.717) is 24.5 Å². The van der Waals surface area contributed by atoms with Gasteiger partial charge in [-0.25, -0.2) is 4.98 Å². The molecule has 1 aliphatic rings. The quantitative estimate of drug-likeness (QED) is 0.344. The first-order chi connectivity index (χ1) is 15.3. The average molecular weight is 542 g/mol. The Morgan fingerprint density at radius 2 is 1.88 bits per heavy atom. The molecule has 1 aromatic heterocycles. The van der Waals surface area contributed by atoms with Gasteiger partial charge in [-0.15, -0.1) is 11.3 Å². The number of halogens is 4. The van der Waals surface area contributed by atoms with E-state index >= 15 is 0 Å². The van der Waals surface area contributed by atoms with Crippen molar-refractivity contribution in [1.82, 2.24) is 4.98 Å². The summed E-state index contributed by atoms with van der Waals surface area (Å²) in [5, 5.41) is 4.72. The van der Waals surface area contributed by atoms with Gasteiger partial charge in [0.05, 0.1) is 28.4 Å². The highest BCUT2D eigenvalue weighted by Gasteiger charge is 2.32. The molecule has 32 heavy (non-hydrogen) atoms. The fourth-order valence-electron chi connectivity index (χ4n) is 3.42. The summed E-state index contributed by atoms with van der Waals surface area (Å²) in [5.74, 6) is -0.163. The van der Waals surface area contributed by atoms with E-state index < -0.39 is 11.7 Å². The molecule has 10 heteroatoms. The summed E-state index contributed by atoms with van der Waals surface area (Å²) >= 11 is 6.16. The Bertz CT molecular complexity index is 1100. The van der Waals surface area contributed by atoms with Crippen molar-refractivity contribution < 1.29 is 18.0 Å². The van der Waals surface area contributed by atoms with Gasteiger partial charge in [-0.05, 0) is 43.2 Å². The van der Waals surface area contributed by atoms with Crippen molar-refractivity contribution in [2.24, 2.45) is 0 Å². The van der Waals surface area contributed by atoms with Crippen LogP contribution in [0, 0.1) is 0 Å². The third-order valence-corrected chi connectivity index (χ3v) is 7.55. The van der Waals surface area contributed by atoms with Crippen LogP contribution in [-0.4, -0.2) is 29.7 Å². The number of thioether (sulfide) groups is 1. The van der Waals surface area contributed by atoms with Crippen LogP contribution in [0.25, 0.3) is 11.3 Å². The second-order valence-corrected chi connectivity index (χ2v) is 10.3. The van der Waals surface area contributed by atoms with Crippen LogP contribution < -0.4 is 10.2 Å². The fraction of sp³-hybridized carbons (Fsp3) is 0.273. The number of carbonyl (C=O) groups excluding carboxylic acids is 1. The Hall–Kier alpha value is -2.04. The predicted octanol–water partition coefficient (Wildman–Crippen LogP) is 6.92. The van der Waals surface area contributed by atoms with Gasteiger partial charge in [-0.1, -0.05) is 39.8 Å². The Morgan fingerprint density at radius 3 is 2.56 bits per heavy atom. The molecule has 1 saturated heterocycles. The molecule has 4 nitrogen and oxygen atoms in total. The zero-order valence-corrected chi connectivity index (χ0v) is 20.0. The van der Waals surface area contributed by atoms with Crippen molar-refractivity contribution >= 4 is 56.3 Å². The lowest BCUT2D eigenvalue weighted by Crippen LogP contribution is -2.22. The second-order valence-electron chi connectivity index (χ2n) is 7.27. The lowest BCUT2D eigenvalue weighted by molar-refractivity contribution is -0.137. The maximum absolute atomic E-state index is 13.2. The van der Waals surface area contributed by atoms with Gasteiger partial charge in [-0.2, -0.15) is 13.2 Å². The number of anilines is 2. The smallest absolute Gasteiger partial charge is 0.370 e. The van der Waals surface area contributed by atoms with Crippen molar-refractivity contribution in [3.8, 4) is 11.3 Å². The Labute approximate surface area is 200 Å². The number of hydrogen-bond donors (Lipinski definition) is 1. The Kier molecular flexibility index (Phi) is 7.11. The van der Waals surface area contributed by atoms with Crippen LogP contribution in [0.3, 0.4) is 0 Å². The van der Waals surface area contributed by atoms with Gasteiger partial charge in [0.1, 0.15) is 0 Å². The molecule has 3 aromatic rings. The number of hydrogen-bond acceptors (Lipinski definition) is 5. The molecule has 2 aromatic carbocycles. The van der Waals surface area contributed by atoms with Gasteiger partial charge in [0, 0.05) is 28.5 Å². The molecule has 1 amide bonds. The zero-order valence-electron chi connectivity index (χ0n) is 16.8. The summed E-state index contributed by atoms with van der Waals surface area (Å²) < 4.78 is 41.3. The summed E-state index contributed by atoms with van der Waals surface area (Å²) in [5.41, 5.74) is 1.93. The molecule has 168 valence electrons. The van der Waals surface area contributed by atoms with Gasteiger partial charge in [0.2, 0.25) is 5.91 Å². The molecule has 0 atom stereocenters. The number of nitrogens with one attached hydrogen (secondary N) is 1. The van der Waals surface area contributed by atoms with Crippen molar-refractivity contribution in [1.29, 1.82) is 0 Å². The summed E-state index contributed by atoms with van der Waals surface area (Å²) in [6, 6.07) is 11.3. The number of benzene rings is 2. The Balaban J connectivity index is 1.42. The predicted molar refractivity (Wildman–Crippen MR) is 127 cm³/mol. The molecule has 0 aliphatic carbocycles. The lowest BCUT2D eigenvalue weighted by Gasteiger charge is -2.23. The molecule has 4 rings (SSSR count). The maximum atomic E-state index is 13.2. The van der Waals surface area contributed by atoms with E-state index in [1.54, 1.807) is 0 Å². The molecular formula is C22H19BrF3N3OS2. The van der Waals surface area contributed by atoms with Crippen molar-refractivity contribution in [3.05, 3.63) is 57.9 Å². The maximum Gasteiger partial charge on any atom is 0.416 e. The average Bonchev–Trinajstić information content (AvgIpc) is 3.45. The highest BCUT2D eigenvalue weighted by atomic mass is 79.9. The minimum absolute atomic E-state index is 0.119. The van der Waals surface area contributed by atoms with Crippen molar-refractivity contribution in [3.63, 3.8) is 0 Å².